The molecule has 1 atom stereocenters. The van der Waals surface area contributed by atoms with Crippen molar-refractivity contribution in [2.75, 3.05) is 22.1 Å². The van der Waals surface area contributed by atoms with Crippen molar-refractivity contribution in [1.82, 2.24) is 9.97 Å². The lowest BCUT2D eigenvalue weighted by atomic mass is 10.2. The molecule has 7 nitrogen and oxygen atoms in total. The summed E-state index contributed by atoms with van der Waals surface area (Å²) in [5.74, 6) is 0.830. The lowest BCUT2D eigenvalue weighted by Crippen LogP contribution is -2.22. The van der Waals surface area contributed by atoms with Crippen molar-refractivity contribution in [2.24, 2.45) is 0 Å². The first-order chi connectivity index (χ1) is 11.8. The molecule has 1 saturated heterocycles. The summed E-state index contributed by atoms with van der Waals surface area (Å²) in [7, 11) is -2.98. The van der Waals surface area contributed by atoms with Gasteiger partial charge in [0, 0.05) is 17.8 Å². The van der Waals surface area contributed by atoms with Crippen LogP contribution in [-0.4, -0.2) is 41.8 Å². The highest BCUT2D eigenvalue weighted by atomic mass is 32.2. The highest BCUT2D eigenvalue weighted by molar-refractivity contribution is 7.91. The number of amides is 1. The topological polar surface area (TPSA) is 101 Å². The van der Waals surface area contributed by atoms with E-state index in [4.69, 9.17) is 0 Å². The minimum Gasteiger partial charge on any atom is -0.366 e. The monoisotopic (exact) mass is 360 g/mol. The van der Waals surface area contributed by atoms with E-state index < -0.39 is 9.84 Å². The lowest BCUT2D eigenvalue weighted by Gasteiger charge is -2.13. The van der Waals surface area contributed by atoms with Crippen LogP contribution in [0.15, 0.2) is 30.3 Å². The van der Waals surface area contributed by atoms with Gasteiger partial charge < -0.3 is 10.6 Å². The smallest absolute Gasteiger partial charge is 0.274 e. The number of benzene rings is 1. The van der Waals surface area contributed by atoms with Crippen LogP contribution in [0.2, 0.25) is 0 Å². The van der Waals surface area contributed by atoms with Gasteiger partial charge in [0.15, 0.2) is 9.84 Å². The first-order valence-corrected chi connectivity index (χ1v) is 9.83. The molecule has 132 valence electrons. The van der Waals surface area contributed by atoms with Crippen LogP contribution in [0.5, 0.6) is 0 Å². The predicted molar refractivity (Wildman–Crippen MR) is 96.6 cm³/mol. The third kappa shape index (κ3) is 4.54. The maximum absolute atomic E-state index is 12.4. The van der Waals surface area contributed by atoms with Gasteiger partial charge in [0.05, 0.1) is 11.5 Å². The maximum atomic E-state index is 12.4. The minimum absolute atomic E-state index is 0.0843. The summed E-state index contributed by atoms with van der Waals surface area (Å²) < 4.78 is 23.1. The van der Waals surface area contributed by atoms with Crippen molar-refractivity contribution in [3.63, 3.8) is 0 Å². The largest absolute Gasteiger partial charge is 0.366 e. The molecule has 0 bridgehead atoms. The fourth-order valence-electron chi connectivity index (χ4n) is 2.71. The van der Waals surface area contributed by atoms with E-state index >= 15 is 0 Å². The number of carbonyl (C=O) groups is 1. The van der Waals surface area contributed by atoms with Gasteiger partial charge in [0.1, 0.15) is 17.3 Å². The van der Waals surface area contributed by atoms with Gasteiger partial charge in [-0.25, -0.2) is 18.4 Å². The molecule has 8 heteroatoms. The second-order valence-electron chi connectivity index (χ2n) is 6.25. The number of anilines is 2. The number of nitrogens with one attached hydrogen (secondary N) is 2. The Hall–Kier alpha value is -2.48. The lowest BCUT2D eigenvalue weighted by molar-refractivity contribution is 0.102. The summed E-state index contributed by atoms with van der Waals surface area (Å²) >= 11 is 0. The van der Waals surface area contributed by atoms with Crippen molar-refractivity contribution in [3.05, 3.63) is 47.4 Å². The van der Waals surface area contributed by atoms with E-state index in [9.17, 15) is 13.2 Å². The highest BCUT2D eigenvalue weighted by Crippen LogP contribution is 2.17. The molecule has 2 aromatic rings. The zero-order chi connectivity index (χ0) is 18.0. The molecule has 1 aliphatic rings. The van der Waals surface area contributed by atoms with Crippen LogP contribution in [0.25, 0.3) is 0 Å². The van der Waals surface area contributed by atoms with Crippen LogP contribution in [0, 0.1) is 13.8 Å². The van der Waals surface area contributed by atoms with Crippen LogP contribution >= 0.6 is 0 Å². The van der Waals surface area contributed by atoms with Crippen LogP contribution < -0.4 is 10.6 Å². The van der Waals surface area contributed by atoms with E-state index in [-0.39, 0.29) is 29.1 Å². The van der Waals surface area contributed by atoms with Crippen molar-refractivity contribution < 1.29 is 13.2 Å². The Balaban J connectivity index is 1.74. The zero-order valence-electron chi connectivity index (χ0n) is 14.1. The quantitative estimate of drug-likeness (QED) is 0.864. The molecule has 2 heterocycles. The number of aryl methyl sites for hydroxylation is 2. The Morgan fingerprint density at radius 3 is 2.52 bits per heavy atom. The molecule has 1 amide bonds. The van der Waals surface area contributed by atoms with Gasteiger partial charge >= 0.3 is 0 Å². The van der Waals surface area contributed by atoms with Crippen molar-refractivity contribution in [2.45, 2.75) is 26.3 Å². The van der Waals surface area contributed by atoms with E-state index in [0.717, 1.165) is 5.56 Å². The molecule has 1 unspecified atom stereocenters. The fraction of sp³-hybridized carbons (Fsp3) is 0.353. The summed E-state index contributed by atoms with van der Waals surface area (Å²) in [5.41, 5.74) is 2.02. The van der Waals surface area contributed by atoms with E-state index in [1.807, 2.05) is 31.2 Å². The van der Waals surface area contributed by atoms with Gasteiger partial charge in [-0.1, -0.05) is 17.7 Å². The van der Waals surface area contributed by atoms with E-state index in [0.29, 0.717) is 23.8 Å². The number of nitrogens with zero attached hydrogens (tertiary/aromatic N) is 2. The van der Waals surface area contributed by atoms with Crippen LogP contribution in [0.4, 0.5) is 11.5 Å². The zero-order valence-corrected chi connectivity index (χ0v) is 14.9. The molecule has 25 heavy (non-hydrogen) atoms. The molecule has 2 N–H and O–H groups in total. The van der Waals surface area contributed by atoms with E-state index in [1.165, 1.54) is 0 Å². The summed E-state index contributed by atoms with van der Waals surface area (Å²) in [6, 6.07) is 8.82. The van der Waals surface area contributed by atoms with Gasteiger partial charge in [-0.3, -0.25) is 4.79 Å². The SMILES string of the molecule is Cc1ccc(NC(=O)c2cc(NC3CCS(=O)(=O)C3)nc(C)n2)cc1. The van der Waals surface area contributed by atoms with Gasteiger partial charge in [-0.05, 0) is 32.4 Å². The molecule has 1 aromatic heterocycles. The van der Waals surface area contributed by atoms with Crippen molar-refractivity contribution >= 4 is 27.2 Å². The minimum atomic E-state index is -2.98. The fourth-order valence-corrected chi connectivity index (χ4v) is 4.38. The summed E-state index contributed by atoms with van der Waals surface area (Å²) in [5, 5.41) is 5.89. The number of aromatic nitrogens is 2. The number of carbonyl (C=O) groups excluding carboxylic acids is 1. The normalized spacial score (nSPS) is 18.7. The standard InChI is InChI=1S/C17H20N4O3S/c1-11-3-5-13(6-4-11)21-17(22)15-9-16(19-12(2)18-15)20-14-7-8-25(23,24)10-14/h3-6,9,14H,7-8,10H2,1-2H3,(H,21,22)(H,18,19,20). The molecule has 0 radical (unpaired) electrons. The van der Waals surface area contributed by atoms with Crippen LogP contribution in [-0.2, 0) is 9.84 Å². The van der Waals surface area contributed by atoms with Gasteiger partial charge in [-0.15, -0.1) is 0 Å². The second-order valence-corrected chi connectivity index (χ2v) is 8.48. The third-order valence-corrected chi connectivity index (χ3v) is 5.73. The van der Waals surface area contributed by atoms with Crippen LogP contribution in [0.3, 0.4) is 0 Å². The van der Waals surface area contributed by atoms with Gasteiger partial charge in [0.2, 0.25) is 0 Å². The Kier molecular flexibility index (Phi) is 4.71. The number of hydrogen-bond donors (Lipinski definition) is 2. The molecule has 1 aliphatic heterocycles. The molecule has 0 spiro atoms. The number of hydrogen-bond acceptors (Lipinski definition) is 6. The number of sulfone groups is 1. The number of rotatable bonds is 4. The van der Waals surface area contributed by atoms with E-state index in [1.54, 1.807) is 13.0 Å². The Morgan fingerprint density at radius 2 is 1.88 bits per heavy atom. The average Bonchev–Trinajstić information content (AvgIpc) is 2.87. The molecule has 3 rings (SSSR count). The molecular formula is C17H20N4O3S. The highest BCUT2D eigenvalue weighted by Gasteiger charge is 2.28. The molecule has 1 aromatic carbocycles. The summed E-state index contributed by atoms with van der Waals surface area (Å²) in [6.45, 7) is 3.67. The van der Waals surface area contributed by atoms with Crippen molar-refractivity contribution in [1.29, 1.82) is 0 Å². The predicted octanol–water partition coefficient (Wildman–Crippen LogP) is 1.94. The second kappa shape index (κ2) is 6.79. The first kappa shape index (κ1) is 17.3. The maximum Gasteiger partial charge on any atom is 0.274 e. The molecular weight excluding hydrogens is 340 g/mol. The molecule has 0 saturated carbocycles. The van der Waals surface area contributed by atoms with Gasteiger partial charge in [0.25, 0.3) is 5.91 Å². The van der Waals surface area contributed by atoms with Crippen molar-refractivity contribution in [3.8, 4) is 0 Å². The van der Waals surface area contributed by atoms with Crippen LogP contribution in [0.1, 0.15) is 28.3 Å². The summed E-state index contributed by atoms with van der Waals surface area (Å²) in [6.07, 6.45) is 0.538. The molecule has 1 fully saturated rings. The Bertz CT molecular complexity index is 895. The average molecular weight is 360 g/mol. The summed E-state index contributed by atoms with van der Waals surface area (Å²) in [4.78, 5) is 20.8. The van der Waals surface area contributed by atoms with E-state index in [2.05, 4.69) is 20.6 Å². The molecule has 0 aliphatic carbocycles. The first-order valence-electron chi connectivity index (χ1n) is 8.01. The van der Waals surface area contributed by atoms with Gasteiger partial charge in [-0.2, -0.15) is 0 Å². The Morgan fingerprint density at radius 1 is 1.16 bits per heavy atom. The Labute approximate surface area is 146 Å². The third-order valence-electron chi connectivity index (χ3n) is 3.96.